The van der Waals surface area contributed by atoms with Crippen LogP contribution in [0.3, 0.4) is 0 Å². The number of nitrogens with two attached hydrogens (primary N) is 1. The molecule has 1 fully saturated rings. The Morgan fingerprint density at radius 3 is 2.75 bits per heavy atom. The lowest BCUT2D eigenvalue weighted by Crippen LogP contribution is -2.42. The molecule has 4 N–H and O–H groups in total. The number of piperidine rings is 1. The van der Waals surface area contributed by atoms with Crippen molar-refractivity contribution in [1.29, 1.82) is 0 Å². The molecule has 0 radical (unpaired) electrons. The molecule has 1 aliphatic carbocycles. The van der Waals surface area contributed by atoms with Crippen molar-refractivity contribution in [1.82, 2.24) is 5.32 Å². The highest BCUT2D eigenvalue weighted by atomic mass is 16.3. The molecule has 1 aliphatic heterocycles. The van der Waals surface area contributed by atoms with E-state index in [1.54, 1.807) is 6.07 Å². The molecule has 3 heteroatoms. The van der Waals surface area contributed by atoms with Gasteiger partial charge in [-0.1, -0.05) is 12.1 Å². The summed E-state index contributed by atoms with van der Waals surface area (Å²) in [4.78, 5) is 0. The van der Waals surface area contributed by atoms with Crippen LogP contribution in [0.15, 0.2) is 18.2 Å². The summed E-state index contributed by atoms with van der Waals surface area (Å²) in [6.45, 7) is 2.09. The zero-order valence-corrected chi connectivity index (χ0v) is 9.37. The maximum Gasteiger partial charge on any atom is 0.119 e. The molecule has 86 valence electrons. The third-order valence-corrected chi connectivity index (χ3v) is 4.31. The van der Waals surface area contributed by atoms with E-state index in [0.717, 1.165) is 43.5 Å². The normalized spacial score (nSPS) is 26.9. The number of phenolic OH excluding ortho intramolecular Hbond substituents is 1. The van der Waals surface area contributed by atoms with Crippen LogP contribution < -0.4 is 11.1 Å². The average molecular weight is 218 g/mol. The Balaban J connectivity index is 2.02. The Bertz CT molecular complexity index is 410. The number of aromatic hydroxyl groups is 1. The molecule has 0 saturated carbocycles. The highest BCUT2D eigenvalue weighted by Crippen LogP contribution is 2.51. The number of phenols is 1. The van der Waals surface area contributed by atoms with Gasteiger partial charge in [0.25, 0.3) is 0 Å². The largest absolute Gasteiger partial charge is 0.508 e. The van der Waals surface area contributed by atoms with Gasteiger partial charge in [0.1, 0.15) is 5.75 Å². The Morgan fingerprint density at radius 1 is 1.31 bits per heavy atom. The fourth-order valence-electron chi connectivity index (χ4n) is 3.28. The summed E-state index contributed by atoms with van der Waals surface area (Å²) < 4.78 is 0. The minimum absolute atomic E-state index is 0.0942. The van der Waals surface area contributed by atoms with Gasteiger partial charge in [0.05, 0.1) is 0 Å². The van der Waals surface area contributed by atoms with E-state index in [9.17, 15) is 5.11 Å². The molecule has 2 aliphatic rings. The van der Waals surface area contributed by atoms with Crippen LogP contribution in [-0.2, 0) is 6.42 Å². The first-order valence-corrected chi connectivity index (χ1v) is 6.00. The number of hydrogen-bond donors (Lipinski definition) is 3. The van der Waals surface area contributed by atoms with Gasteiger partial charge in [-0.05, 0) is 55.0 Å². The summed E-state index contributed by atoms with van der Waals surface area (Å²) in [5.74, 6) is 0.420. The quantitative estimate of drug-likeness (QED) is 0.615. The lowest BCUT2D eigenvalue weighted by molar-refractivity contribution is 0.173. The number of hydrogen-bond acceptors (Lipinski definition) is 3. The Hall–Kier alpha value is -1.06. The van der Waals surface area contributed by atoms with Crippen LogP contribution in [0.1, 0.15) is 30.0 Å². The minimum atomic E-state index is 0.0942. The number of rotatable bonds is 0. The van der Waals surface area contributed by atoms with Gasteiger partial charge in [-0.3, -0.25) is 0 Å². The van der Waals surface area contributed by atoms with Gasteiger partial charge in [0.15, 0.2) is 0 Å². The minimum Gasteiger partial charge on any atom is -0.508 e. The summed E-state index contributed by atoms with van der Waals surface area (Å²) in [5.41, 5.74) is 8.81. The third kappa shape index (κ3) is 1.28. The maximum atomic E-state index is 9.89. The highest BCUT2D eigenvalue weighted by Gasteiger charge is 2.45. The molecule has 3 nitrogen and oxygen atoms in total. The van der Waals surface area contributed by atoms with Crippen molar-refractivity contribution in [3.05, 3.63) is 29.3 Å². The van der Waals surface area contributed by atoms with E-state index < -0.39 is 0 Å². The first-order valence-electron chi connectivity index (χ1n) is 6.00. The fraction of sp³-hybridized carbons (Fsp3) is 0.538. The predicted octanol–water partition coefficient (Wildman–Crippen LogP) is 1.32. The smallest absolute Gasteiger partial charge is 0.119 e. The monoisotopic (exact) mass is 218 g/mol. The van der Waals surface area contributed by atoms with E-state index in [1.165, 1.54) is 0 Å². The van der Waals surface area contributed by atoms with Crippen molar-refractivity contribution in [3.63, 3.8) is 0 Å². The summed E-state index contributed by atoms with van der Waals surface area (Å²) in [6.07, 6.45) is 3.17. The lowest BCUT2D eigenvalue weighted by atomic mass is 9.73. The molecular formula is C13H18N2O. The highest BCUT2D eigenvalue weighted by molar-refractivity contribution is 5.46. The van der Waals surface area contributed by atoms with E-state index in [-0.39, 0.29) is 11.5 Å². The van der Waals surface area contributed by atoms with Crippen LogP contribution in [0.5, 0.6) is 5.75 Å². The molecule has 16 heavy (non-hydrogen) atoms. The van der Waals surface area contributed by atoms with Crippen LogP contribution in [0.2, 0.25) is 0 Å². The molecule has 0 amide bonds. The molecule has 0 bridgehead atoms. The van der Waals surface area contributed by atoms with Gasteiger partial charge in [0.2, 0.25) is 0 Å². The molecule has 1 aromatic carbocycles. The zero-order chi connectivity index (χ0) is 11.2. The van der Waals surface area contributed by atoms with Crippen molar-refractivity contribution in [2.75, 3.05) is 13.1 Å². The second-order valence-corrected chi connectivity index (χ2v) is 5.11. The topological polar surface area (TPSA) is 58.3 Å². The predicted molar refractivity (Wildman–Crippen MR) is 63.3 cm³/mol. The molecule has 0 unspecified atom stereocenters. The Labute approximate surface area is 95.7 Å². The van der Waals surface area contributed by atoms with Crippen molar-refractivity contribution < 1.29 is 5.11 Å². The third-order valence-electron chi connectivity index (χ3n) is 4.31. The van der Waals surface area contributed by atoms with Crippen LogP contribution in [-0.4, -0.2) is 18.2 Å². The first kappa shape index (κ1) is 10.1. The average Bonchev–Trinajstić information content (AvgIpc) is 2.57. The van der Waals surface area contributed by atoms with Gasteiger partial charge in [-0.15, -0.1) is 0 Å². The summed E-state index contributed by atoms with van der Waals surface area (Å²) in [5, 5.41) is 13.3. The summed E-state index contributed by atoms with van der Waals surface area (Å²) >= 11 is 0. The van der Waals surface area contributed by atoms with Gasteiger partial charge in [-0.25, -0.2) is 0 Å². The second kappa shape index (κ2) is 3.47. The Morgan fingerprint density at radius 2 is 2.06 bits per heavy atom. The van der Waals surface area contributed by atoms with Gasteiger partial charge in [0, 0.05) is 6.04 Å². The van der Waals surface area contributed by atoms with Gasteiger partial charge in [-0.2, -0.15) is 0 Å². The standard InChI is InChI=1S/C13H18N2O/c14-12-9-2-1-3-11(16)10(9)8-13(12)4-6-15-7-5-13/h1-3,12,15-16H,4-8,14H2/t12-/m1/s1. The number of nitrogens with one attached hydrogen (secondary N) is 1. The van der Waals surface area contributed by atoms with E-state index in [0.29, 0.717) is 5.75 Å². The number of fused-ring (bicyclic) bond motifs is 1. The molecule has 1 heterocycles. The maximum absolute atomic E-state index is 9.89. The lowest BCUT2D eigenvalue weighted by Gasteiger charge is -2.37. The summed E-state index contributed by atoms with van der Waals surface area (Å²) in [7, 11) is 0. The number of benzene rings is 1. The molecule has 3 rings (SSSR count). The van der Waals surface area contributed by atoms with Crippen LogP contribution in [0.4, 0.5) is 0 Å². The van der Waals surface area contributed by atoms with Crippen molar-refractivity contribution in [2.24, 2.45) is 11.1 Å². The van der Waals surface area contributed by atoms with Crippen molar-refractivity contribution >= 4 is 0 Å². The van der Waals surface area contributed by atoms with Gasteiger partial charge >= 0.3 is 0 Å². The summed E-state index contributed by atoms with van der Waals surface area (Å²) in [6, 6.07) is 5.83. The zero-order valence-electron chi connectivity index (χ0n) is 9.37. The molecule has 1 saturated heterocycles. The SMILES string of the molecule is N[C@@H]1c2cccc(O)c2CC12CCNCC2. The van der Waals surface area contributed by atoms with Crippen molar-refractivity contribution in [2.45, 2.75) is 25.3 Å². The van der Waals surface area contributed by atoms with Crippen molar-refractivity contribution in [3.8, 4) is 5.75 Å². The molecule has 1 aromatic rings. The van der Waals surface area contributed by atoms with E-state index in [1.807, 2.05) is 6.07 Å². The van der Waals surface area contributed by atoms with Crippen LogP contribution >= 0.6 is 0 Å². The van der Waals surface area contributed by atoms with Crippen LogP contribution in [0, 0.1) is 5.41 Å². The van der Waals surface area contributed by atoms with Crippen LogP contribution in [0.25, 0.3) is 0 Å². The first-order chi connectivity index (χ1) is 7.73. The molecule has 0 aromatic heterocycles. The molecular weight excluding hydrogens is 200 g/mol. The van der Waals surface area contributed by atoms with E-state index in [2.05, 4.69) is 11.4 Å². The van der Waals surface area contributed by atoms with E-state index in [4.69, 9.17) is 5.73 Å². The van der Waals surface area contributed by atoms with Gasteiger partial charge < -0.3 is 16.2 Å². The molecule has 1 spiro atoms. The Kier molecular flexibility index (Phi) is 2.19. The fourth-order valence-corrected chi connectivity index (χ4v) is 3.28. The molecule has 1 atom stereocenters. The second-order valence-electron chi connectivity index (χ2n) is 5.11. The van der Waals surface area contributed by atoms with E-state index >= 15 is 0 Å².